The van der Waals surface area contributed by atoms with Crippen molar-refractivity contribution in [3.8, 4) is 5.75 Å². The Balaban J connectivity index is 3.11. The summed E-state index contributed by atoms with van der Waals surface area (Å²) in [5.74, 6) is 5.64. The van der Waals surface area contributed by atoms with Crippen molar-refractivity contribution in [1.82, 2.24) is 5.43 Å². The Bertz CT molecular complexity index is 391. The molecular formula is C11H16FN3O. The average Bonchev–Trinajstić information content (AvgIpc) is 2.26. The van der Waals surface area contributed by atoms with Crippen LogP contribution in [0.1, 0.15) is 19.4 Å². The molecule has 16 heavy (non-hydrogen) atoms. The Morgan fingerprint density at radius 3 is 2.69 bits per heavy atom. The first-order valence-corrected chi connectivity index (χ1v) is 4.96. The minimum atomic E-state index is -0.410. The molecule has 0 heterocycles. The van der Waals surface area contributed by atoms with Crippen LogP contribution in [0.25, 0.3) is 0 Å². The molecule has 0 fully saturated rings. The van der Waals surface area contributed by atoms with Gasteiger partial charge in [-0.05, 0) is 32.0 Å². The molecule has 0 spiro atoms. The van der Waals surface area contributed by atoms with Crippen LogP contribution in [0.15, 0.2) is 23.2 Å². The van der Waals surface area contributed by atoms with Crippen molar-refractivity contribution in [1.29, 1.82) is 0 Å². The molecule has 0 aromatic heterocycles. The van der Waals surface area contributed by atoms with Gasteiger partial charge >= 0.3 is 0 Å². The molecule has 88 valence electrons. The molecule has 0 aliphatic heterocycles. The average molecular weight is 225 g/mol. The largest absolute Gasteiger partial charge is 0.494 e. The number of nitrogens with one attached hydrogen (secondary N) is 1. The second-order valence-electron chi connectivity index (χ2n) is 3.57. The number of halogens is 1. The number of methoxy groups -OCH3 is 1. The van der Waals surface area contributed by atoms with Crippen LogP contribution in [0.2, 0.25) is 0 Å². The van der Waals surface area contributed by atoms with Crippen molar-refractivity contribution in [2.45, 2.75) is 19.9 Å². The zero-order valence-corrected chi connectivity index (χ0v) is 9.62. The third-order valence-corrected chi connectivity index (χ3v) is 1.95. The Morgan fingerprint density at radius 2 is 2.19 bits per heavy atom. The molecule has 1 rings (SSSR count). The van der Waals surface area contributed by atoms with E-state index in [0.717, 1.165) is 0 Å². The summed E-state index contributed by atoms with van der Waals surface area (Å²) in [6.07, 6.45) is 0. The number of ether oxygens (including phenoxy) is 1. The molecule has 5 heteroatoms. The molecule has 0 saturated carbocycles. The summed E-state index contributed by atoms with van der Waals surface area (Å²) in [7, 11) is 1.41. The van der Waals surface area contributed by atoms with Gasteiger partial charge in [-0.2, -0.15) is 0 Å². The summed E-state index contributed by atoms with van der Waals surface area (Å²) < 4.78 is 18.1. The van der Waals surface area contributed by atoms with Crippen LogP contribution in [0.3, 0.4) is 0 Å². The predicted octanol–water partition coefficient (Wildman–Crippen LogP) is 1.45. The third kappa shape index (κ3) is 2.93. The summed E-state index contributed by atoms with van der Waals surface area (Å²) in [4.78, 5) is 4.27. The van der Waals surface area contributed by atoms with Gasteiger partial charge in [0.2, 0.25) is 0 Å². The van der Waals surface area contributed by atoms with Crippen molar-refractivity contribution in [3.63, 3.8) is 0 Å². The molecule has 0 unspecified atom stereocenters. The fraction of sp³-hybridized carbons (Fsp3) is 0.364. The zero-order chi connectivity index (χ0) is 12.1. The monoisotopic (exact) mass is 225 g/mol. The number of nitrogens with zero attached hydrogens (tertiary/aromatic N) is 1. The van der Waals surface area contributed by atoms with E-state index in [2.05, 4.69) is 10.4 Å². The molecule has 0 radical (unpaired) electrons. The fourth-order valence-electron chi connectivity index (χ4n) is 1.26. The quantitative estimate of drug-likeness (QED) is 0.354. The number of benzene rings is 1. The first-order chi connectivity index (χ1) is 7.58. The van der Waals surface area contributed by atoms with Gasteiger partial charge in [-0.15, -0.1) is 0 Å². The standard InChI is InChI=1S/C11H16FN3O/c1-7(2)14-11(15-13)8-4-5-9(12)10(6-8)16-3/h4-7H,13H2,1-3H3,(H,14,15). The Hall–Kier alpha value is -1.62. The summed E-state index contributed by atoms with van der Waals surface area (Å²) in [5, 5.41) is 0. The molecule has 0 atom stereocenters. The van der Waals surface area contributed by atoms with E-state index in [0.29, 0.717) is 11.4 Å². The maximum Gasteiger partial charge on any atom is 0.165 e. The first kappa shape index (κ1) is 12.4. The lowest BCUT2D eigenvalue weighted by Gasteiger charge is -2.09. The highest BCUT2D eigenvalue weighted by molar-refractivity contribution is 5.98. The van der Waals surface area contributed by atoms with Gasteiger partial charge in [0.25, 0.3) is 0 Å². The highest BCUT2D eigenvalue weighted by Gasteiger charge is 2.08. The van der Waals surface area contributed by atoms with E-state index < -0.39 is 5.82 Å². The summed E-state index contributed by atoms with van der Waals surface area (Å²) in [6, 6.07) is 4.57. The molecule has 1 aromatic rings. The predicted molar refractivity (Wildman–Crippen MR) is 61.9 cm³/mol. The second kappa shape index (κ2) is 5.46. The van der Waals surface area contributed by atoms with Crippen molar-refractivity contribution >= 4 is 5.84 Å². The summed E-state index contributed by atoms with van der Waals surface area (Å²) in [6.45, 7) is 3.86. The van der Waals surface area contributed by atoms with Gasteiger partial charge in [-0.25, -0.2) is 10.2 Å². The van der Waals surface area contributed by atoms with Crippen molar-refractivity contribution < 1.29 is 9.13 Å². The Morgan fingerprint density at radius 1 is 1.50 bits per heavy atom. The molecule has 0 amide bonds. The number of hydrogen-bond donors (Lipinski definition) is 2. The van der Waals surface area contributed by atoms with E-state index >= 15 is 0 Å². The SMILES string of the molecule is COc1cc(C(=NC(C)C)NN)ccc1F. The van der Waals surface area contributed by atoms with E-state index in [4.69, 9.17) is 10.6 Å². The van der Waals surface area contributed by atoms with Gasteiger partial charge in [0.1, 0.15) is 5.84 Å². The normalized spacial score (nSPS) is 11.8. The lowest BCUT2D eigenvalue weighted by Crippen LogP contribution is -2.32. The molecule has 3 N–H and O–H groups in total. The number of amidine groups is 1. The van der Waals surface area contributed by atoms with E-state index in [1.165, 1.54) is 13.2 Å². The van der Waals surface area contributed by atoms with Gasteiger partial charge < -0.3 is 10.2 Å². The summed E-state index contributed by atoms with van der Waals surface area (Å²) >= 11 is 0. The summed E-state index contributed by atoms with van der Waals surface area (Å²) in [5.41, 5.74) is 3.18. The van der Waals surface area contributed by atoms with Crippen LogP contribution in [-0.4, -0.2) is 19.0 Å². The van der Waals surface area contributed by atoms with Crippen molar-refractivity contribution in [2.24, 2.45) is 10.8 Å². The topological polar surface area (TPSA) is 59.6 Å². The molecule has 0 aliphatic carbocycles. The zero-order valence-electron chi connectivity index (χ0n) is 9.62. The highest BCUT2D eigenvalue weighted by atomic mass is 19.1. The van der Waals surface area contributed by atoms with E-state index in [1.807, 2.05) is 13.8 Å². The van der Waals surface area contributed by atoms with Crippen LogP contribution in [0.4, 0.5) is 4.39 Å². The third-order valence-electron chi connectivity index (χ3n) is 1.95. The minimum Gasteiger partial charge on any atom is -0.494 e. The smallest absolute Gasteiger partial charge is 0.165 e. The van der Waals surface area contributed by atoms with Crippen LogP contribution in [0, 0.1) is 5.82 Å². The number of hydrogen-bond acceptors (Lipinski definition) is 3. The minimum absolute atomic E-state index is 0.0992. The lowest BCUT2D eigenvalue weighted by atomic mass is 10.2. The van der Waals surface area contributed by atoms with Gasteiger partial charge in [0.05, 0.1) is 7.11 Å². The number of aliphatic imine (C=N–C) groups is 1. The molecule has 0 aliphatic rings. The Labute approximate surface area is 94.3 Å². The maximum atomic E-state index is 13.2. The second-order valence-corrected chi connectivity index (χ2v) is 3.57. The molecule has 0 bridgehead atoms. The van der Waals surface area contributed by atoms with Crippen LogP contribution >= 0.6 is 0 Å². The Kier molecular flexibility index (Phi) is 4.25. The van der Waals surface area contributed by atoms with E-state index in [9.17, 15) is 4.39 Å². The van der Waals surface area contributed by atoms with Crippen LogP contribution < -0.4 is 16.0 Å². The maximum absolute atomic E-state index is 13.2. The fourth-order valence-corrected chi connectivity index (χ4v) is 1.26. The first-order valence-electron chi connectivity index (χ1n) is 4.96. The molecule has 0 saturated heterocycles. The van der Waals surface area contributed by atoms with Gasteiger partial charge in [0.15, 0.2) is 11.6 Å². The van der Waals surface area contributed by atoms with Crippen molar-refractivity contribution in [2.75, 3.05) is 7.11 Å². The van der Waals surface area contributed by atoms with Gasteiger partial charge in [-0.3, -0.25) is 4.99 Å². The highest BCUT2D eigenvalue weighted by Crippen LogP contribution is 2.18. The number of rotatable bonds is 3. The van der Waals surface area contributed by atoms with E-state index in [-0.39, 0.29) is 11.8 Å². The van der Waals surface area contributed by atoms with E-state index in [1.54, 1.807) is 12.1 Å². The lowest BCUT2D eigenvalue weighted by molar-refractivity contribution is 0.386. The molecular weight excluding hydrogens is 209 g/mol. The molecule has 1 aromatic carbocycles. The van der Waals surface area contributed by atoms with Gasteiger partial charge in [0, 0.05) is 11.6 Å². The number of nitrogens with two attached hydrogens (primary N) is 1. The number of hydrazine groups is 1. The van der Waals surface area contributed by atoms with Crippen LogP contribution in [-0.2, 0) is 0 Å². The molecule has 4 nitrogen and oxygen atoms in total. The van der Waals surface area contributed by atoms with Crippen molar-refractivity contribution in [3.05, 3.63) is 29.6 Å². The van der Waals surface area contributed by atoms with Crippen LogP contribution in [0.5, 0.6) is 5.75 Å². The van der Waals surface area contributed by atoms with Gasteiger partial charge in [-0.1, -0.05) is 0 Å².